The second-order valence-corrected chi connectivity index (χ2v) is 6.78. The molecule has 0 saturated heterocycles. The zero-order chi connectivity index (χ0) is 17.6. The van der Waals surface area contributed by atoms with Gasteiger partial charge in [0.1, 0.15) is 17.4 Å². The van der Waals surface area contributed by atoms with Gasteiger partial charge < -0.3 is 9.84 Å². The summed E-state index contributed by atoms with van der Waals surface area (Å²) in [6.45, 7) is 0.379. The standard InChI is InChI=1S/C19H16ClNO3S/c20-16-4-2-1-3-15(16)17-12-25-18(21-17)11-24-14-8-5-13(6-9-14)7-10-19(22)23/h1-6,8-9,12H,7,10-11H2,(H,22,23). The van der Waals surface area contributed by atoms with Crippen LogP contribution in [0.1, 0.15) is 17.0 Å². The van der Waals surface area contributed by atoms with Crippen molar-refractivity contribution in [1.29, 1.82) is 0 Å². The van der Waals surface area contributed by atoms with Crippen LogP contribution in [0.4, 0.5) is 0 Å². The fourth-order valence-corrected chi connectivity index (χ4v) is 3.26. The minimum Gasteiger partial charge on any atom is -0.486 e. The third-order valence-electron chi connectivity index (χ3n) is 3.61. The van der Waals surface area contributed by atoms with E-state index in [-0.39, 0.29) is 6.42 Å². The number of hydrogen-bond acceptors (Lipinski definition) is 4. The Kier molecular flexibility index (Phi) is 5.68. The van der Waals surface area contributed by atoms with E-state index in [1.54, 1.807) is 0 Å². The van der Waals surface area contributed by atoms with Crippen LogP contribution in [-0.4, -0.2) is 16.1 Å². The lowest BCUT2D eigenvalue weighted by Crippen LogP contribution is -1.98. The molecule has 4 nitrogen and oxygen atoms in total. The molecule has 0 aliphatic heterocycles. The molecule has 0 amide bonds. The fraction of sp³-hybridized carbons (Fsp3) is 0.158. The van der Waals surface area contributed by atoms with E-state index in [1.807, 2.05) is 53.9 Å². The summed E-state index contributed by atoms with van der Waals surface area (Å²) in [5.41, 5.74) is 2.73. The van der Waals surface area contributed by atoms with E-state index in [0.717, 1.165) is 27.6 Å². The molecule has 0 bridgehead atoms. The molecule has 2 aromatic carbocycles. The Balaban J connectivity index is 1.59. The Bertz CT molecular complexity index is 861. The molecule has 128 valence electrons. The van der Waals surface area contributed by atoms with E-state index >= 15 is 0 Å². The summed E-state index contributed by atoms with van der Waals surface area (Å²) in [4.78, 5) is 15.2. The van der Waals surface area contributed by atoms with Crippen LogP contribution < -0.4 is 4.74 Å². The summed E-state index contributed by atoms with van der Waals surface area (Å²) < 4.78 is 5.75. The van der Waals surface area contributed by atoms with E-state index in [9.17, 15) is 4.79 Å². The molecule has 0 unspecified atom stereocenters. The Labute approximate surface area is 154 Å². The molecule has 0 spiro atoms. The lowest BCUT2D eigenvalue weighted by atomic mass is 10.1. The first-order valence-electron chi connectivity index (χ1n) is 7.74. The summed E-state index contributed by atoms with van der Waals surface area (Å²) in [6, 6.07) is 15.1. The van der Waals surface area contributed by atoms with Crippen molar-refractivity contribution in [2.45, 2.75) is 19.4 Å². The highest BCUT2D eigenvalue weighted by Gasteiger charge is 2.08. The number of carbonyl (C=O) groups is 1. The number of halogens is 1. The molecule has 6 heteroatoms. The highest BCUT2D eigenvalue weighted by atomic mass is 35.5. The first-order chi connectivity index (χ1) is 12.1. The molecule has 3 aromatic rings. The van der Waals surface area contributed by atoms with Gasteiger partial charge in [-0.1, -0.05) is 41.9 Å². The van der Waals surface area contributed by atoms with Crippen LogP contribution in [-0.2, 0) is 17.8 Å². The van der Waals surface area contributed by atoms with Gasteiger partial charge in [-0.05, 0) is 30.2 Å². The highest BCUT2D eigenvalue weighted by molar-refractivity contribution is 7.09. The van der Waals surface area contributed by atoms with Gasteiger partial charge in [-0.15, -0.1) is 11.3 Å². The summed E-state index contributed by atoms with van der Waals surface area (Å²) >= 11 is 7.72. The van der Waals surface area contributed by atoms with E-state index in [2.05, 4.69) is 4.98 Å². The number of carboxylic acid groups (broad SMARTS) is 1. The predicted octanol–water partition coefficient (Wildman–Crippen LogP) is 5.06. The normalized spacial score (nSPS) is 10.6. The van der Waals surface area contributed by atoms with Crippen LogP contribution in [0.15, 0.2) is 53.9 Å². The van der Waals surface area contributed by atoms with Gasteiger partial charge in [-0.25, -0.2) is 4.98 Å². The number of carboxylic acids is 1. The van der Waals surface area contributed by atoms with E-state index in [0.29, 0.717) is 18.1 Å². The number of nitrogens with zero attached hydrogens (tertiary/aromatic N) is 1. The van der Waals surface area contributed by atoms with Crippen LogP contribution in [0.5, 0.6) is 5.75 Å². The number of aryl methyl sites for hydroxylation is 1. The average Bonchev–Trinajstić information content (AvgIpc) is 3.08. The largest absolute Gasteiger partial charge is 0.486 e. The van der Waals surface area contributed by atoms with E-state index in [1.165, 1.54) is 11.3 Å². The summed E-state index contributed by atoms with van der Waals surface area (Å²) in [5.74, 6) is -0.0630. The van der Waals surface area contributed by atoms with Crippen molar-refractivity contribution < 1.29 is 14.6 Å². The van der Waals surface area contributed by atoms with Gasteiger partial charge in [-0.2, -0.15) is 0 Å². The van der Waals surface area contributed by atoms with Gasteiger partial charge in [0.15, 0.2) is 0 Å². The molecule has 0 fully saturated rings. The lowest BCUT2D eigenvalue weighted by molar-refractivity contribution is -0.136. The molecule has 0 atom stereocenters. The molecule has 0 aliphatic rings. The number of rotatable bonds is 7. The average molecular weight is 374 g/mol. The third-order valence-corrected chi connectivity index (χ3v) is 4.77. The number of thiazole rings is 1. The highest BCUT2D eigenvalue weighted by Crippen LogP contribution is 2.29. The van der Waals surface area contributed by atoms with Gasteiger partial charge in [-0.3, -0.25) is 4.79 Å². The van der Waals surface area contributed by atoms with Crippen molar-refractivity contribution in [2.75, 3.05) is 0 Å². The number of aromatic nitrogens is 1. The van der Waals surface area contributed by atoms with Crippen molar-refractivity contribution in [3.63, 3.8) is 0 Å². The van der Waals surface area contributed by atoms with Gasteiger partial charge >= 0.3 is 5.97 Å². The monoisotopic (exact) mass is 373 g/mol. The first kappa shape index (κ1) is 17.5. The minimum absolute atomic E-state index is 0.129. The number of benzene rings is 2. The number of ether oxygens (including phenoxy) is 1. The molecule has 0 radical (unpaired) electrons. The SMILES string of the molecule is O=C(O)CCc1ccc(OCc2nc(-c3ccccc3Cl)cs2)cc1. The maximum absolute atomic E-state index is 10.6. The molecular formula is C19H16ClNO3S. The first-order valence-corrected chi connectivity index (χ1v) is 9.00. The quantitative estimate of drug-likeness (QED) is 0.628. The fourth-order valence-electron chi connectivity index (χ4n) is 2.32. The van der Waals surface area contributed by atoms with Crippen LogP contribution in [0.25, 0.3) is 11.3 Å². The van der Waals surface area contributed by atoms with Gasteiger partial charge in [0.2, 0.25) is 0 Å². The van der Waals surface area contributed by atoms with Crippen LogP contribution >= 0.6 is 22.9 Å². The second-order valence-electron chi connectivity index (χ2n) is 5.43. The molecule has 0 aliphatic carbocycles. The molecule has 1 N–H and O–H groups in total. The van der Waals surface area contributed by atoms with Gasteiger partial charge in [0.25, 0.3) is 0 Å². The number of hydrogen-bond donors (Lipinski definition) is 1. The van der Waals surface area contributed by atoms with Crippen LogP contribution in [0.3, 0.4) is 0 Å². The zero-order valence-corrected chi connectivity index (χ0v) is 14.9. The van der Waals surface area contributed by atoms with E-state index in [4.69, 9.17) is 21.4 Å². The van der Waals surface area contributed by atoms with Crippen molar-refractivity contribution in [1.82, 2.24) is 4.98 Å². The molecule has 0 saturated carbocycles. The molecule has 1 heterocycles. The molecule has 25 heavy (non-hydrogen) atoms. The minimum atomic E-state index is -0.793. The second kappa shape index (κ2) is 8.14. The topological polar surface area (TPSA) is 59.4 Å². The molecular weight excluding hydrogens is 358 g/mol. The van der Waals surface area contributed by atoms with Crippen LogP contribution in [0.2, 0.25) is 5.02 Å². The van der Waals surface area contributed by atoms with Crippen molar-refractivity contribution >= 4 is 28.9 Å². The third kappa shape index (κ3) is 4.81. The molecule has 3 rings (SSSR count). The van der Waals surface area contributed by atoms with Crippen molar-refractivity contribution in [3.8, 4) is 17.0 Å². The van der Waals surface area contributed by atoms with Crippen LogP contribution in [0, 0.1) is 0 Å². The molecule has 1 aromatic heterocycles. The van der Waals surface area contributed by atoms with Crippen molar-refractivity contribution in [3.05, 3.63) is 69.5 Å². The maximum Gasteiger partial charge on any atom is 0.303 e. The zero-order valence-electron chi connectivity index (χ0n) is 13.3. The maximum atomic E-state index is 10.6. The lowest BCUT2D eigenvalue weighted by Gasteiger charge is -2.05. The summed E-state index contributed by atoms with van der Waals surface area (Å²) in [6.07, 6.45) is 0.646. The smallest absolute Gasteiger partial charge is 0.303 e. The van der Waals surface area contributed by atoms with Gasteiger partial charge in [0.05, 0.1) is 5.69 Å². The Hall–Kier alpha value is -2.37. The predicted molar refractivity (Wildman–Crippen MR) is 99.3 cm³/mol. The summed E-state index contributed by atoms with van der Waals surface area (Å²) in [7, 11) is 0. The Morgan fingerprint density at radius 2 is 1.92 bits per heavy atom. The van der Waals surface area contributed by atoms with E-state index < -0.39 is 5.97 Å². The summed E-state index contributed by atoms with van der Waals surface area (Å²) in [5, 5.41) is 12.2. The van der Waals surface area contributed by atoms with Crippen molar-refractivity contribution in [2.24, 2.45) is 0 Å². The van der Waals surface area contributed by atoms with Gasteiger partial charge in [0, 0.05) is 22.4 Å². The Morgan fingerprint density at radius 1 is 1.16 bits per heavy atom. The number of aliphatic carboxylic acids is 1. The Morgan fingerprint density at radius 3 is 2.64 bits per heavy atom.